The fourth-order valence-electron chi connectivity index (χ4n) is 3.92. The van der Waals surface area contributed by atoms with Gasteiger partial charge in [0.1, 0.15) is 0 Å². The molecule has 3 saturated carbocycles. The molecule has 1 N–H and O–H groups in total. The molecule has 122 valence electrons. The first-order chi connectivity index (χ1) is 10.4. The van der Waals surface area contributed by atoms with Crippen molar-refractivity contribution in [2.24, 2.45) is 5.92 Å². The molecule has 4 aliphatic rings. The molecule has 5 rings (SSSR count). The molecule has 6 nitrogen and oxygen atoms in total. The van der Waals surface area contributed by atoms with E-state index in [0.717, 1.165) is 31.1 Å². The topological polar surface area (TPSA) is 61.6 Å². The first-order valence-electron chi connectivity index (χ1n) is 8.21. The van der Waals surface area contributed by atoms with Gasteiger partial charge in [-0.15, -0.1) is 0 Å². The van der Waals surface area contributed by atoms with E-state index in [1.807, 2.05) is 11.1 Å². The molecule has 1 aromatic rings. The maximum Gasteiger partial charge on any atom is 0.338 e. The minimum atomic E-state index is -0.0983. The predicted molar refractivity (Wildman–Crippen MR) is 84.4 cm³/mol. The first kappa shape index (κ1) is 14.1. The largest absolute Gasteiger partial charge is 0.338 e. The lowest BCUT2D eigenvalue weighted by Crippen LogP contribution is -2.71. The standard InChI is InChI=1S/C16H24N4O2.H2/c1-15(2,3)12-7-13(22-18-12)17-14(21)19-5-4-6-20(19)16-8-11(9-16)10-16;/h7,11H,4-6,8-10H2,1-3H3,(H,17,21);1H. The molecule has 6 heteroatoms. The van der Waals surface area contributed by atoms with Crippen LogP contribution in [0.25, 0.3) is 0 Å². The summed E-state index contributed by atoms with van der Waals surface area (Å²) < 4.78 is 5.27. The van der Waals surface area contributed by atoms with Gasteiger partial charge in [-0.1, -0.05) is 25.9 Å². The summed E-state index contributed by atoms with van der Waals surface area (Å²) in [4.78, 5) is 12.6. The van der Waals surface area contributed by atoms with Crippen molar-refractivity contribution in [2.45, 2.75) is 57.4 Å². The highest BCUT2D eigenvalue weighted by atomic mass is 16.5. The van der Waals surface area contributed by atoms with Crippen LogP contribution < -0.4 is 5.32 Å². The summed E-state index contributed by atoms with van der Waals surface area (Å²) in [5.74, 6) is 1.34. The van der Waals surface area contributed by atoms with Crippen molar-refractivity contribution < 1.29 is 10.7 Å². The van der Waals surface area contributed by atoms with Gasteiger partial charge in [0.15, 0.2) is 0 Å². The molecular weight excluding hydrogens is 280 g/mol. The molecule has 0 unspecified atom stereocenters. The molecule has 0 atom stereocenters. The smallest absolute Gasteiger partial charge is 0.338 e. The quantitative estimate of drug-likeness (QED) is 0.911. The van der Waals surface area contributed by atoms with Crippen molar-refractivity contribution in [2.75, 3.05) is 18.4 Å². The third-order valence-electron chi connectivity index (χ3n) is 5.33. The second-order valence-electron chi connectivity index (χ2n) is 8.06. The molecule has 1 saturated heterocycles. The molecule has 1 aliphatic heterocycles. The number of hydrazine groups is 1. The van der Waals surface area contributed by atoms with Crippen LogP contribution in [0.2, 0.25) is 0 Å². The van der Waals surface area contributed by atoms with Crippen molar-refractivity contribution in [3.63, 3.8) is 0 Å². The Morgan fingerprint density at radius 3 is 2.68 bits per heavy atom. The molecule has 0 radical (unpaired) electrons. The Labute approximate surface area is 132 Å². The molecule has 3 aliphatic carbocycles. The van der Waals surface area contributed by atoms with E-state index in [0.29, 0.717) is 5.88 Å². The Bertz CT molecular complexity index is 592. The van der Waals surface area contributed by atoms with E-state index >= 15 is 0 Å². The average molecular weight is 306 g/mol. The molecule has 1 aromatic heterocycles. The van der Waals surface area contributed by atoms with Gasteiger partial charge in [-0.05, 0) is 31.6 Å². The Hall–Kier alpha value is -1.56. The van der Waals surface area contributed by atoms with E-state index in [1.54, 1.807) is 0 Å². The second-order valence-corrected chi connectivity index (χ2v) is 8.06. The fourth-order valence-corrected chi connectivity index (χ4v) is 3.92. The van der Waals surface area contributed by atoms with E-state index in [9.17, 15) is 4.79 Å². The van der Waals surface area contributed by atoms with Gasteiger partial charge < -0.3 is 4.52 Å². The summed E-state index contributed by atoms with van der Waals surface area (Å²) in [6, 6.07) is 1.72. The predicted octanol–water partition coefficient (Wildman–Crippen LogP) is 3.23. The third kappa shape index (κ3) is 2.04. The van der Waals surface area contributed by atoms with E-state index in [-0.39, 0.29) is 18.4 Å². The van der Waals surface area contributed by atoms with Gasteiger partial charge in [-0.25, -0.2) is 9.80 Å². The Morgan fingerprint density at radius 1 is 1.41 bits per heavy atom. The van der Waals surface area contributed by atoms with Crippen LogP contribution in [0.15, 0.2) is 10.6 Å². The van der Waals surface area contributed by atoms with Crippen LogP contribution >= 0.6 is 0 Å². The summed E-state index contributed by atoms with van der Waals surface area (Å²) in [5, 5.41) is 11.1. The zero-order valence-electron chi connectivity index (χ0n) is 13.6. The molecule has 0 aromatic carbocycles. The van der Waals surface area contributed by atoms with Crippen molar-refractivity contribution in [1.29, 1.82) is 0 Å². The Morgan fingerprint density at radius 2 is 2.14 bits per heavy atom. The van der Waals surface area contributed by atoms with Crippen LogP contribution in [0.5, 0.6) is 0 Å². The monoisotopic (exact) mass is 306 g/mol. The third-order valence-corrected chi connectivity index (χ3v) is 5.33. The van der Waals surface area contributed by atoms with Gasteiger partial charge in [-0.2, -0.15) is 0 Å². The van der Waals surface area contributed by atoms with E-state index < -0.39 is 0 Å². The lowest BCUT2D eigenvalue weighted by molar-refractivity contribution is -0.194. The highest BCUT2D eigenvalue weighted by Crippen LogP contribution is 2.61. The number of rotatable bonds is 2. The number of hydrogen-bond acceptors (Lipinski definition) is 4. The zero-order valence-corrected chi connectivity index (χ0v) is 13.6. The van der Waals surface area contributed by atoms with Gasteiger partial charge in [0.25, 0.3) is 0 Å². The normalized spacial score (nSPS) is 30.9. The number of urea groups is 1. The average Bonchev–Trinajstić information content (AvgIpc) is 2.92. The second kappa shape index (κ2) is 4.47. The van der Waals surface area contributed by atoms with Gasteiger partial charge in [0.05, 0.1) is 5.69 Å². The number of aromatic nitrogens is 1. The molecule has 4 fully saturated rings. The van der Waals surface area contributed by atoms with Crippen LogP contribution in [-0.4, -0.2) is 39.8 Å². The number of amides is 2. The molecule has 22 heavy (non-hydrogen) atoms. The highest BCUT2D eigenvalue weighted by Gasteiger charge is 2.62. The van der Waals surface area contributed by atoms with Crippen molar-refractivity contribution in [1.82, 2.24) is 15.2 Å². The number of carbonyl (C=O) groups is 1. The summed E-state index contributed by atoms with van der Waals surface area (Å²) in [7, 11) is 0. The maximum absolute atomic E-state index is 12.6. The van der Waals surface area contributed by atoms with Gasteiger partial charge in [0, 0.05) is 31.5 Å². The van der Waals surface area contributed by atoms with E-state index in [2.05, 4.69) is 36.3 Å². The summed E-state index contributed by atoms with van der Waals surface area (Å²) in [6.45, 7) is 7.99. The van der Waals surface area contributed by atoms with Crippen LogP contribution in [0.3, 0.4) is 0 Å². The van der Waals surface area contributed by atoms with Gasteiger partial charge in [-0.3, -0.25) is 10.3 Å². The van der Waals surface area contributed by atoms with E-state index in [4.69, 9.17) is 4.52 Å². The Kier molecular flexibility index (Phi) is 2.86. The van der Waals surface area contributed by atoms with Gasteiger partial charge >= 0.3 is 6.03 Å². The van der Waals surface area contributed by atoms with Crippen LogP contribution in [0.4, 0.5) is 10.7 Å². The molecule has 0 spiro atoms. The summed E-state index contributed by atoms with van der Waals surface area (Å²) in [5.41, 5.74) is 1.05. The maximum atomic E-state index is 12.6. The fraction of sp³-hybridized carbons (Fsp3) is 0.750. The summed E-state index contributed by atoms with van der Waals surface area (Å²) >= 11 is 0. The van der Waals surface area contributed by atoms with Crippen LogP contribution in [0.1, 0.15) is 53.6 Å². The summed E-state index contributed by atoms with van der Waals surface area (Å²) in [6.07, 6.45) is 4.82. The van der Waals surface area contributed by atoms with Crippen molar-refractivity contribution >= 4 is 11.9 Å². The van der Waals surface area contributed by atoms with Crippen molar-refractivity contribution in [3.8, 4) is 0 Å². The number of nitrogens with one attached hydrogen (secondary N) is 1. The van der Waals surface area contributed by atoms with Gasteiger partial charge in [0.2, 0.25) is 5.88 Å². The molecule has 2 bridgehead atoms. The van der Waals surface area contributed by atoms with Crippen LogP contribution in [0, 0.1) is 5.92 Å². The Balaban J connectivity index is 0.00000156. The number of anilines is 1. The highest BCUT2D eigenvalue weighted by molar-refractivity contribution is 5.87. The first-order valence-corrected chi connectivity index (χ1v) is 8.21. The number of hydrogen-bond donors (Lipinski definition) is 1. The van der Waals surface area contributed by atoms with E-state index in [1.165, 1.54) is 19.3 Å². The number of carbonyl (C=O) groups excluding carboxylic acids is 1. The lowest BCUT2D eigenvalue weighted by Gasteiger charge is -2.66. The lowest BCUT2D eigenvalue weighted by atomic mass is 9.49. The zero-order chi connectivity index (χ0) is 15.5. The molecular formula is C16H26N4O2. The number of nitrogens with zero attached hydrogens (tertiary/aromatic N) is 3. The SMILES string of the molecule is CC(C)(C)c1cc(NC(=O)N2CCCN2C23CC(C2)C3)on1.[HH]. The molecule has 2 amide bonds. The van der Waals surface area contributed by atoms with Crippen molar-refractivity contribution in [3.05, 3.63) is 11.8 Å². The van der Waals surface area contributed by atoms with Crippen LogP contribution in [-0.2, 0) is 5.41 Å². The minimum absolute atomic E-state index is 0. The minimum Gasteiger partial charge on any atom is -0.338 e. The molecule has 2 heterocycles.